The topological polar surface area (TPSA) is 164 Å². The Balaban J connectivity index is 1.76. The zero-order valence-electron chi connectivity index (χ0n) is 16.4. The molecule has 30 heavy (non-hydrogen) atoms. The third-order valence-corrected chi connectivity index (χ3v) is 4.22. The van der Waals surface area contributed by atoms with Crippen LogP contribution in [0.2, 0.25) is 0 Å². The Morgan fingerprint density at radius 3 is 2.57 bits per heavy atom. The maximum absolute atomic E-state index is 12.8. The van der Waals surface area contributed by atoms with Crippen molar-refractivity contribution in [1.29, 1.82) is 0 Å². The number of aromatic nitrogens is 3. The van der Waals surface area contributed by atoms with Gasteiger partial charge in [0.25, 0.3) is 11.5 Å². The summed E-state index contributed by atoms with van der Waals surface area (Å²) in [5.74, 6) is -0.997. The molecule has 1 aromatic carbocycles. The molecule has 0 aliphatic carbocycles. The Bertz CT molecular complexity index is 1200. The maximum Gasteiger partial charge on any atom is 0.319 e. The molecule has 0 fully saturated rings. The second kappa shape index (κ2) is 8.47. The zero-order valence-corrected chi connectivity index (χ0v) is 16.4. The summed E-state index contributed by atoms with van der Waals surface area (Å²) in [5, 5.41) is 10.6. The third-order valence-electron chi connectivity index (χ3n) is 4.22. The van der Waals surface area contributed by atoms with E-state index >= 15 is 0 Å². The number of benzene rings is 1. The van der Waals surface area contributed by atoms with Crippen LogP contribution >= 0.6 is 0 Å². The Kier molecular flexibility index (Phi) is 5.81. The van der Waals surface area contributed by atoms with Gasteiger partial charge in [-0.05, 0) is 31.2 Å². The van der Waals surface area contributed by atoms with Crippen LogP contribution in [0.4, 0.5) is 16.2 Å². The predicted molar refractivity (Wildman–Crippen MR) is 111 cm³/mol. The summed E-state index contributed by atoms with van der Waals surface area (Å²) in [5.41, 5.74) is 6.63. The third kappa shape index (κ3) is 4.63. The van der Waals surface area contributed by atoms with E-state index in [1.165, 1.54) is 4.68 Å². The number of nitrogens with two attached hydrogens (primary N) is 1. The fourth-order valence-electron chi connectivity index (χ4n) is 2.91. The first kappa shape index (κ1) is 20.6. The molecule has 11 heteroatoms. The van der Waals surface area contributed by atoms with E-state index in [1.54, 1.807) is 44.3 Å². The van der Waals surface area contributed by atoms with E-state index in [0.717, 1.165) is 0 Å². The Labute approximate surface area is 170 Å². The highest BCUT2D eigenvalue weighted by Gasteiger charge is 2.18. The van der Waals surface area contributed by atoms with Gasteiger partial charge in [-0.1, -0.05) is 6.07 Å². The SMILES string of the molecule is Cc1cc(C(=O)Nc2cccc(NC(=O)NCCC(N)=O)c2)c2c(=O)[nH]n(C)c2n1. The van der Waals surface area contributed by atoms with Gasteiger partial charge in [0, 0.05) is 37.1 Å². The largest absolute Gasteiger partial charge is 0.370 e. The number of anilines is 2. The van der Waals surface area contributed by atoms with Crippen LogP contribution in [0.1, 0.15) is 22.5 Å². The summed E-state index contributed by atoms with van der Waals surface area (Å²) in [6, 6.07) is 7.53. The fourth-order valence-corrected chi connectivity index (χ4v) is 2.91. The van der Waals surface area contributed by atoms with Crippen molar-refractivity contribution in [3.05, 3.63) is 51.9 Å². The molecule has 2 aromatic heterocycles. The van der Waals surface area contributed by atoms with E-state index in [4.69, 9.17) is 5.73 Å². The number of aromatic amines is 1. The lowest BCUT2D eigenvalue weighted by Gasteiger charge is -2.10. The summed E-state index contributed by atoms with van der Waals surface area (Å²) in [4.78, 5) is 51.9. The summed E-state index contributed by atoms with van der Waals surface area (Å²) in [6.07, 6.45) is 0.0297. The van der Waals surface area contributed by atoms with Gasteiger partial charge in [0.1, 0.15) is 0 Å². The molecule has 0 unspecified atom stereocenters. The van der Waals surface area contributed by atoms with Gasteiger partial charge in [-0.15, -0.1) is 0 Å². The van der Waals surface area contributed by atoms with E-state index in [2.05, 4.69) is 26.0 Å². The Morgan fingerprint density at radius 2 is 1.87 bits per heavy atom. The highest BCUT2D eigenvalue weighted by molar-refractivity contribution is 6.12. The van der Waals surface area contributed by atoms with Crippen molar-refractivity contribution in [1.82, 2.24) is 20.1 Å². The van der Waals surface area contributed by atoms with Crippen molar-refractivity contribution in [3.8, 4) is 0 Å². The molecule has 0 spiro atoms. The molecule has 0 aliphatic rings. The van der Waals surface area contributed by atoms with Crippen molar-refractivity contribution in [2.24, 2.45) is 12.8 Å². The lowest BCUT2D eigenvalue weighted by Crippen LogP contribution is -2.31. The van der Waals surface area contributed by atoms with Gasteiger partial charge in [-0.25, -0.2) is 9.78 Å². The molecule has 4 amide bonds. The number of H-pyrrole nitrogens is 1. The first-order valence-electron chi connectivity index (χ1n) is 9.05. The smallest absolute Gasteiger partial charge is 0.319 e. The molecular formula is C19H21N7O4. The van der Waals surface area contributed by atoms with Crippen molar-refractivity contribution < 1.29 is 14.4 Å². The molecule has 0 saturated carbocycles. The zero-order chi connectivity index (χ0) is 21.8. The minimum absolute atomic E-state index is 0.0297. The molecule has 0 bridgehead atoms. The number of amides is 4. The second-order valence-corrected chi connectivity index (χ2v) is 6.64. The van der Waals surface area contributed by atoms with E-state index in [1.807, 2.05) is 0 Å². The van der Waals surface area contributed by atoms with Gasteiger partial charge in [0.05, 0.1) is 10.9 Å². The number of hydrogen-bond acceptors (Lipinski definition) is 5. The van der Waals surface area contributed by atoms with Crippen LogP contribution in [0.25, 0.3) is 11.0 Å². The average Bonchev–Trinajstić information content (AvgIpc) is 2.94. The molecule has 2 heterocycles. The fraction of sp³-hybridized carbons (Fsp3) is 0.211. The van der Waals surface area contributed by atoms with Crippen LogP contribution in [-0.2, 0) is 11.8 Å². The minimum Gasteiger partial charge on any atom is -0.370 e. The Morgan fingerprint density at radius 1 is 1.17 bits per heavy atom. The highest BCUT2D eigenvalue weighted by atomic mass is 16.2. The van der Waals surface area contributed by atoms with Crippen LogP contribution in [0, 0.1) is 6.92 Å². The number of rotatable bonds is 6. The molecule has 3 rings (SSSR count). The number of carbonyl (C=O) groups is 3. The Hall–Kier alpha value is -4.15. The van der Waals surface area contributed by atoms with Crippen LogP contribution in [0.5, 0.6) is 0 Å². The summed E-state index contributed by atoms with van der Waals surface area (Å²) >= 11 is 0. The monoisotopic (exact) mass is 411 g/mol. The number of pyridine rings is 1. The van der Waals surface area contributed by atoms with Crippen LogP contribution in [0.3, 0.4) is 0 Å². The van der Waals surface area contributed by atoms with Gasteiger partial charge in [-0.3, -0.25) is 24.2 Å². The summed E-state index contributed by atoms with van der Waals surface area (Å²) in [6.45, 7) is 1.84. The van der Waals surface area contributed by atoms with Crippen LogP contribution < -0.4 is 27.2 Å². The number of carbonyl (C=O) groups excluding carboxylic acids is 3. The number of primary amides is 1. The van der Waals surface area contributed by atoms with E-state index < -0.39 is 23.4 Å². The maximum atomic E-state index is 12.8. The molecule has 0 saturated heterocycles. The van der Waals surface area contributed by atoms with Gasteiger partial charge in [0.2, 0.25) is 5.91 Å². The molecule has 156 valence electrons. The molecule has 6 N–H and O–H groups in total. The molecular weight excluding hydrogens is 390 g/mol. The predicted octanol–water partition coefficient (Wildman–Crippen LogP) is 0.819. The lowest BCUT2D eigenvalue weighted by molar-refractivity contribution is -0.117. The lowest BCUT2D eigenvalue weighted by atomic mass is 10.1. The van der Waals surface area contributed by atoms with E-state index in [0.29, 0.717) is 22.7 Å². The minimum atomic E-state index is -0.516. The second-order valence-electron chi connectivity index (χ2n) is 6.64. The quantitative estimate of drug-likeness (QED) is 0.405. The standard InChI is InChI=1S/C19H21N7O4/c1-10-8-13(15-16(22-10)26(2)25-18(15)29)17(28)23-11-4-3-5-12(9-11)24-19(30)21-7-6-14(20)27/h3-5,8-9H,6-7H2,1-2H3,(H2,20,27)(H,23,28)(H,25,29)(H2,21,24,30). The van der Waals surface area contributed by atoms with Gasteiger partial charge in [0.15, 0.2) is 5.65 Å². The number of hydrogen-bond donors (Lipinski definition) is 5. The van der Waals surface area contributed by atoms with Gasteiger partial charge in [-0.2, -0.15) is 0 Å². The van der Waals surface area contributed by atoms with Crippen molar-refractivity contribution in [2.45, 2.75) is 13.3 Å². The first-order chi connectivity index (χ1) is 14.2. The number of nitrogens with zero attached hydrogens (tertiary/aromatic N) is 2. The summed E-state index contributed by atoms with van der Waals surface area (Å²) in [7, 11) is 1.64. The molecule has 0 aliphatic heterocycles. The van der Waals surface area contributed by atoms with Crippen molar-refractivity contribution in [2.75, 3.05) is 17.2 Å². The van der Waals surface area contributed by atoms with Crippen molar-refractivity contribution >= 4 is 40.3 Å². The molecule has 0 atom stereocenters. The number of aryl methyl sites for hydroxylation is 2. The van der Waals surface area contributed by atoms with Crippen molar-refractivity contribution in [3.63, 3.8) is 0 Å². The first-order valence-corrected chi connectivity index (χ1v) is 9.05. The number of nitrogens with one attached hydrogen (secondary N) is 4. The highest BCUT2D eigenvalue weighted by Crippen LogP contribution is 2.19. The molecule has 0 radical (unpaired) electrons. The number of urea groups is 1. The molecule has 11 nitrogen and oxygen atoms in total. The van der Waals surface area contributed by atoms with Crippen LogP contribution in [-0.4, -0.2) is 39.2 Å². The van der Waals surface area contributed by atoms with Crippen LogP contribution in [0.15, 0.2) is 35.1 Å². The summed E-state index contributed by atoms with van der Waals surface area (Å²) < 4.78 is 1.46. The number of fused-ring (bicyclic) bond motifs is 1. The molecule has 3 aromatic rings. The van der Waals surface area contributed by atoms with E-state index in [-0.39, 0.29) is 23.9 Å². The normalized spacial score (nSPS) is 10.6. The van der Waals surface area contributed by atoms with Gasteiger partial charge >= 0.3 is 6.03 Å². The average molecular weight is 411 g/mol. The van der Waals surface area contributed by atoms with Gasteiger partial charge < -0.3 is 21.7 Å². The van der Waals surface area contributed by atoms with E-state index in [9.17, 15) is 19.2 Å².